The number of nitrogens with one attached hydrogen (secondary N) is 1. The summed E-state index contributed by atoms with van der Waals surface area (Å²) < 4.78 is 17.2. The topological polar surface area (TPSA) is 75.7 Å². The smallest absolute Gasteiger partial charge is 0.164 e. The first kappa shape index (κ1) is 26.4. The third-order valence-corrected chi connectivity index (χ3v) is 6.08. The molecule has 2 aromatic carbocycles. The van der Waals surface area contributed by atoms with Crippen LogP contribution in [0.25, 0.3) is 0 Å². The molecule has 3 aromatic rings. The van der Waals surface area contributed by atoms with Gasteiger partial charge >= 0.3 is 0 Å². The monoisotopic (exact) mass is 493 g/mol. The van der Waals surface area contributed by atoms with Gasteiger partial charge in [0.2, 0.25) is 0 Å². The highest BCUT2D eigenvalue weighted by atomic mass is 16.5. The molecule has 0 spiro atoms. The quantitative estimate of drug-likeness (QED) is 0.595. The lowest BCUT2D eigenvalue weighted by Gasteiger charge is -2.22. The SMILES string of the molecule is c1ccc(CN2CCCOCCOCCOCCCN(Cc3ccccc3)Cc3nc(n[nH]3)C2)cc1. The normalized spacial score (nSPS) is 18.6. The molecule has 4 rings (SSSR count). The Hall–Kier alpha value is -2.62. The van der Waals surface area contributed by atoms with Crippen molar-refractivity contribution in [3.8, 4) is 0 Å². The maximum atomic E-state index is 5.77. The second-order valence-electron chi connectivity index (χ2n) is 9.14. The van der Waals surface area contributed by atoms with Gasteiger partial charge in [0.05, 0.1) is 39.5 Å². The molecule has 0 saturated carbocycles. The number of benzene rings is 2. The first-order valence-electron chi connectivity index (χ1n) is 13.0. The van der Waals surface area contributed by atoms with Crippen LogP contribution in [0.4, 0.5) is 0 Å². The van der Waals surface area contributed by atoms with E-state index in [2.05, 4.69) is 80.7 Å². The van der Waals surface area contributed by atoms with Crippen LogP contribution in [0, 0.1) is 0 Å². The number of hydrogen-bond donors (Lipinski definition) is 1. The first-order valence-corrected chi connectivity index (χ1v) is 13.0. The van der Waals surface area contributed by atoms with E-state index in [0.717, 1.165) is 57.2 Å². The maximum Gasteiger partial charge on any atom is 0.164 e. The molecular formula is C28H39N5O3. The number of H-pyrrole nitrogens is 1. The molecule has 1 aliphatic heterocycles. The molecule has 36 heavy (non-hydrogen) atoms. The van der Waals surface area contributed by atoms with E-state index in [9.17, 15) is 0 Å². The number of aromatic amines is 1. The van der Waals surface area contributed by atoms with Crippen molar-refractivity contribution in [3.63, 3.8) is 0 Å². The molecule has 1 aromatic heterocycles. The van der Waals surface area contributed by atoms with Gasteiger partial charge in [-0.15, -0.1) is 0 Å². The second-order valence-corrected chi connectivity index (χ2v) is 9.14. The number of ether oxygens (including phenoxy) is 3. The van der Waals surface area contributed by atoms with Gasteiger partial charge in [-0.2, -0.15) is 5.10 Å². The van der Waals surface area contributed by atoms with Crippen LogP contribution in [0.1, 0.15) is 35.6 Å². The molecule has 0 fully saturated rings. The van der Waals surface area contributed by atoms with Crippen LogP contribution >= 0.6 is 0 Å². The fourth-order valence-corrected chi connectivity index (χ4v) is 4.32. The number of rotatable bonds is 4. The van der Waals surface area contributed by atoms with Gasteiger partial charge in [0.25, 0.3) is 0 Å². The molecule has 1 N–H and O–H groups in total. The molecule has 2 heterocycles. The Bertz CT molecular complexity index is 894. The summed E-state index contributed by atoms with van der Waals surface area (Å²) in [4.78, 5) is 9.64. The van der Waals surface area contributed by atoms with Gasteiger partial charge in [-0.1, -0.05) is 60.7 Å². The van der Waals surface area contributed by atoms with Crippen LogP contribution in [-0.2, 0) is 40.4 Å². The Morgan fingerprint density at radius 2 is 1.14 bits per heavy atom. The number of aromatic nitrogens is 3. The van der Waals surface area contributed by atoms with E-state index >= 15 is 0 Å². The summed E-state index contributed by atoms with van der Waals surface area (Å²) in [6.45, 7) is 8.79. The summed E-state index contributed by atoms with van der Waals surface area (Å²) in [6.07, 6.45) is 1.89. The Balaban J connectivity index is 1.42. The Labute approximate surface area is 214 Å². The molecule has 8 nitrogen and oxygen atoms in total. The van der Waals surface area contributed by atoms with Gasteiger partial charge in [-0.25, -0.2) is 4.98 Å². The summed E-state index contributed by atoms with van der Waals surface area (Å²) in [5.41, 5.74) is 2.57. The van der Waals surface area contributed by atoms with E-state index < -0.39 is 0 Å². The van der Waals surface area contributed by atoms with E-state index in [1.807, 2.05) is 0 Å². The summed E-state index contributed by atoms with van der Waals surface area (Å²) in [5.74, 6) is 1.72. The van der Waals surface area contributed by atoms with Crippen molar-refractivity contribution in [3.05, 3.63) is 83.4 Å². The van der Waals surface area contributed by atoms with Crippen LogP contribution in [0.15, 0.2) is 60.7 Å². The number of fused-ring (bicyclic) bond motifs is 2. The third-order valence-electron chi connectivity index (χ3n) is 6.08. The first-order chi connectivity index (χ1) is 17.8. The van der Waals surface area contributed by atoms with Crippen molar-refractivity contribution in [2.45, 2.75) is 39.0 Å². The molecular weight excluding hydrogens is 454 g/mol. The zero-order chi connectivity index (χ0) is 24.7. The van der Waals surface area contributed by atoms with Crippen molar-refractivity contribution in [2.24, 2.45) is 0 Å². The van der Waals surface area contributed by atoms with Crippen LogP contribution in [0.3, 0.4) is 0 Å². The van der Waals surface area contributed by atoms with Crippen molar-refractivity contribution in [1.29, 1.82) is 0 Å². The van der Waals surface area contributed by atoms with E-state index in [1.54, 1.807) is 0 Å². The highest BCUT2D eigenvalue weighted by Crippen LogP contribution is 2.12. The molecule has 2 bridgehead atoms. The van der Waals surface area contributed by atoms with Gasteiger partial charge in [-0.3, -0.25) is 14.9 Å². The molecule has 0 radical (unpaired) electrons. The molecule has 0 amide bonds. The van der Waals surface area contributed by atoms with Crippen molar-refractivity contribution in [2.75, 3.05) is 52.7 Å². The van der Waals surface area contributed by atoms with E-state index in [-0.39, 0.29) is 0 Å². The Morgan fingerprint density at radius 1 is 0.639 bits per heavy atom. The van der Waals surface area contributed by atoms with Crippen LogP contribution in [0.2, 0.25) is 0 Å². The van der Waals surface area contributed by atoms with Crippen molar-refractivity contribution >= 4 is 0 Å². The Kier molecular flexibility index (Phi) is 11.4. The molecule has 194 valence electrons. The average molecular weight is 494 g/mol. The van der Waals surface area contributed by atoms with Gasteiger partial charge in [0, 0.05) is 39.4 Å². The predicted molar refractivity (Wildman–Crippen MR) is 139 cm³/mol. The highest BCUT2D eigenvalue weighted by Gasteiger charge is 2.14. The zero-order valence-electron chi connectivity index (χ0n) is 21.2. The molecule has 0 unspecified atom stereocenters. The van der Waals surface area contributed by atoms with Crippen LogP contribution < -0.4 is 0 Å². The van der Waals surface area contributed by atoms with Crippen LogP contribution in [-0.4, -0.2) is 77.7 Å². The second kappa shape index (κ2) is 15.5. The lowest BCUT2D eigenvalue weighted by Crippen LogP contribution is -2.26. The highest BCUT2D eigenvalue weighted by molar-refractivity contribution is 5.15. The zero-order valence-corrected chi connectivity index (χ0v) is 21.2. The average Bonchev–Trinajstić information content (AvgIpc) is 3.34. The van der Waals surface area contributed by atoms with Gasteiger partial charge in [-0.05, 0) is 24.0 Å². The lowest BCUT2D eigenvalue weighted by molar-refractivity contribution is 0.0111. The number of hydrogen-bond acceptors (Lipinski definition) is 7. The Morgan fingerprint density at radius 3 is 1.69 bits per heavy atom. The van der Waals surface area contributed by atoms with Crippen LogP contribution in [0.5, 0.6) is 0 Å². The van der Waals surface area contributed by atoms with Crippen molar-refractivity contribution < 1.29 is 14.2 Å². The minimum absolute atomic E-state index is 0.599. The molecule has 1 aliphatic rings. The van der Waals surface area contributed by atoms with E-state index in [0.29, 0.717) is 46.2 Å². The maximum absolute atomic E-state index is 5.77. The molecule has 0 atom stereocenters. The fraction of sp³-hybridized carbons (Fsp3) is 0.500. The lowest BCUT2D eigenvalue weighted by atomic mass is 10.2. The largest absolute Gasteiger partial charge is 0.379 e. The molecule has 0 aliphatic carbocycles. The van der Waals surface area contributed by atoms with Gasteiger partial charge in [0.15, 0.2) is 5.82 Å². The third kappa shape index (κ3) is 9.79. The summed E-state index contributed by atoms with van der Waals surface area (Å²) in [7, 11) is 0. The molecule has 8 heteroatoms. The van der Waals surface area contributed by atoms with Gasteiger partial charge in [0.1, 0.15) is 5.82 Å². The van der Waals surface area contributed by atoms with Gasteiger partial charge < -0.3 is 14.2 Å². The summed E-state index contributed by atoms with van der Waals surface area (Å²) >= 11 is 0. The minimum atomic E-state index is 0.599. The predicted octanol–water partition coefficient (Wildman–Crippen LogP) is 3.65. The minimum Gasteiger partial charge on any atom is -0.379 e. The van der Waals surface area contributed by atoms with Crippen molar-refractivity contribution in [1.82, 2.24) is 25.0 Å². The summed E-state index contributed by atoms with van der Waals surface area (Å²) in [6, 6.07) is 21.1. The van der Waals surface area contributed by atoms with E-state index in [4.69, 9.17) is 19.2 Å². The number of nitrogens with zero attached hydrogens (tertiary/aromatic N) is 4. The summed E-state index contributed by atoms with van der Waals surface area (Å²) in [5, 5.41) is 7.74. The molecule has 0 saturated heterocycles. The standard InChI is InChI=1S/C28H39N5O3/c1-3-9-25(10-4-1)21-32-13-7-15-34-17-19-36-20-18-35-16-8-14-33(22-26-11-5-2-6-12-26)24-28-29-27(23-32)30-31-28/h1-6,9-12H,7-8,13-24H2,(H,29,30,31). The fourth-order valence-electron chi connectivity index (χ4n) is 4.32. The van der Waals surface area contributed by atoms with E-state index in [1.165, 1.54) is 11.1 Å².